The smallest absolute Gasteiger partial charge is 0.144 e. The van der Waals surface area contributed by atoms with Crippen LogP contribution < -0.4 is 0 Å². The van der Waals surface area contributed by atoms with Crippen LogP contribution in [0.3, 0.4) is 0 Å². The van der Waals surface area contributed by atoms with Crippen molar-refractivity contribution >= 4 is 12.4 Å². The Morgan fingerprint density at radius 2 is 2.42 bits per heavy atom. The summed E-state index contributed by atoms with van der Waals surface area (Å²) in [4.78, 5) is 10.4. The van der Waals surface area contributed by atoms with Gasteiger partial charge in [0.1, 0.15) is 6.17 Å². The van der Waals surface area contributed by atoms with Gasteiger partial charge < -0.3 is 9.64 Å². The quantitative estimate of drug-likeness (QED) is 0.559. The summed E-state index contributed by atoms with van der Waals surface area (Å²) in [6.07, 6.45) is 7.53. The second-order valence-electron chi connectivity index (χ2n) is 2.68. The van der Waals surface area contributed by atoms with E-state index in [1.807, 2.05) is 18.6 Å². The van der Waals surface area contributed by atoms with Crippen LogP contribution in [0.1, 0.15) is 0 Å². The molecule has 1 atom stereocenters. The number of hydrogen-bond donors (Lipinski definition) is 0. The fraction of sp³-hybridized carbons (Fsp3) is 0.500. The summed E-state index contributed by atoms with van der Waals surface area (Å²) >= 11 is 0. The molecular formula is C8H11N3O. The van der Waals surface area contributed by atoms with Crippen LogP contribution in [0.25, 0.3) is 0 Å². The van der Waals surface area contributed by atoms with Crippen LogP contribution in [0.5, 0.6) is 0 Å². The van der Waals surface area contributed by atoms with Crippen molar-refractivity contribution in [1.29, 1.82) is 0 Å². The van der Waals surface area contributed by atoms with E-state index in [1.165, 1.54) is 0 Å². The molecule has 2 aliphatic rings. The predicted octanol–water partition coefficient (Wildman–Crippen LogP) is 0.271. The van der Waals surface area contributed by atoms with E-state index in [0.29, 0.717) is 13.2 Å². The molecule has 0 radical (unpaired) electrons. The van der Waals surface area contributed by atoms with E-state index in [0.717, 1.165) is 6.54 Å². The van der Waals surface area contributed by atoms with Crippen molar-refractivity contribution in [3.05, 3.63) is 12.4 Å². The molecule has 4 nitrogen and oxygen atoms in total. The van der Waals surface area contributed by atoms with Gasteiger partial charge in [0.15, 0.2) is 0 Å². The van der Waals surface area contributed by atoms with Gasteiger partial charge in [-0.05, 0) is 0 Å². The minimum absolute atomic E-state index is 0.141. The first-order chi connectivity index (χ1) is 5.97. The summed E-state index contributed by atoms with van der Waals surface area (Å²) in [7, 11) is 0. The lowest BCUT2D eigenvalue weighted by molar-refractivity contribution is 0.101. The zero-order valence-corrected chi connectivity index (χ0v) is 6.76. The van der Waals surface area contributed by atoms with E-state index in [2.05, 4.69) is 14.9 Å². The minimum Gasteiger partial charge on any atom is -0.372 e. The summed E-state index contributed by atoms with van der Waals surface area (Å²) < 4.78 is 5.27. The molecule has 0 bridgehead atoms. The topological polar surface area (TPSA) is 37.2 Å². The Balaban J connectivity index is 1.99. The van der Waals surface area contributed by atoms with Gasteiger partial charge in [-0.1, -0.05) is 0 Å². The Morgan fingerprint density at radius 1 is 1.42 bits per heavy atom. The molecule has 0 saturated heterocycles. The van der Waals surface area contributed by atoms with Crippen LogP contribution in [0.4, 0.5) is 0 Å². The van der Waals surface area contributed by atoms with Gasteiger partial charge >= 0.3 is 0 Å². The molecule has 0 N–H and O–H groups in total. The maximum atomic E-state index is 5.27. The number of hydrogen-bond acceptors (Lipinski definition) is 4. The molecule has 2 aliphatic heterocycles. The number of nitrogens with zero attached hydrogens (tertiary/aromatic N) is 3. The highest BCUT2D eigenvalue weighted by atomic mass is 16.5. The van der Waals surface area contributed by atoms with Crippen molar-refractivity contribution < 1.29 is 4.74 Å². The zero-order chi connectivity index (χ0) is 8.23. The van der Waals surface area contributed by atoms with Crippen LogP contribution in [0.2, 0.25) is 0 Å². The number of aliphatic imine (C=N–C) groups is 2. The lowest BCUT2D eigenvalue weighted by Crippen LogP contribution is -2.37. The van der Waals surface area contributed by atoms with E-state index in [1.54, 1.807) is 6.20 Å². The van der Waals surface area contributed by atoms with E-state index < -0.39 is 0 Å². The third-order valence-electron chi connectivity index (χ3n) is 1.86. The molecule has 0 aromatic carbocycles. The van der Waals surface area contributed by atoms with Gasteiger partial charge in [-0.15, -0.1) is 0 Å². The van der Waals surface area contributed by atoms with Gasteiger partial charge in [-0.3, -0.25) is 9.98 Å². The molecule has 0 fully saturated rings. The Bertz CT molecular complexity index is 234. The molecule has 12 heavy (non-hydrogen) atoms. The van der Waals surface area contributed by atoms with E-state index in [-0.39, 0.29) is 6.17 Å². The van der Waals surface area contributed by atoms with Gasteiger partial charge in [0.2, 0.25) is 0 Å². The van der Waals surface area contributed by atoms with Crippen molar-refractivity contribution in [3.8, 4) is 0 Å². The zero-order valence-electron chi connectivity index (χ0n) is 6.76. The fourth-order valence-corrected chi connectivity index (χ4v) is 1.22. The molecule has 64 valence electrons. The maximum absolute atomic E-state index is 5.27. The van der Waals surface area contributed by atoms with Crippen molar-refractivity contribution in [1.82, 2.24) is 4.90 Å². The van der Waals surface area contributed by atoms with Crippen LogP contribution in [0, 0.1) is 0 Å². The standard InChI is InChI=1S/C8H11N3O/c1-4-11(5-2-9-1)8-7-12-6-3-10-8/h1-4,8H,5-7H2. The predicted molar refractivity (Wildman–Crippen MR) is 47.4 cm³/mol. The van der Waals surface area contributed by atoms with Crippen LogP contribution in [0.15, 0.2) is 22.4 Å². The molecule has 2 rings (SSSR count). The minimum atomic E-state index is 0.141. The molecular weight excluding hydrogens is 154 g/mol. The second kappa shape index (κ2) is 3.49. The third-order valence-corrected chi connectivity index (χ3v) is 1.86. The molecule has 4 heteroatoms. The summed E-state index contributed by atoms with van der Waals surface area (Å²) in [6.45, 7) is 2.14. The molecule has 0 saturated carbocycles. The molecule has 0 spiro atoms. The summed E-state index contributed by atoms with van der Waals surface area (Å²) in [5, 5.41) is 0. The van der Waals surface area contributed by atoms with Crippen LogP contribution in [-0.2, 0) is 4.74 Å². The van der Waals surface area contributed by atoms with E-state index >= 15 is 0 Å². The number of rotatable bonds is 1. The summed E-state index contributed by atoms with van der Waals surface area (Å²) in [5.41, 5.74) is 0. The van der Waals surface area contributed by atoms with Gasteiger partial charge in [0, 0.05) is 24.8 Å². The first-order valence-electron chi connectivity index (χ1n) is 4.00. The van der Waals surface area contributed by atoms with Gasteiger partial charge in [0.05, 0.1) is 19.8 Å². The Morgan fingerprint density at radius 3 is 3.08 bits per heavy atom. The van der Waals surface area contributed by atoms with Gasteiger partial charge in [-0.2, -0.15) is 0 Å². The summed E-state index contributed by atoms with van der Waals surface area (Å²) in [5.74, 6) is 0. The Kier molecular flexibility index (Phi) is 2.18. The van der Waals surface area contributed by atoms with Crippen molar-refractivity contribution in [2.45, 2.75) is 6.17 Å². The molecule has 0 aliphatic carbocycles. The van der Waals surface area contributed by atoms with Crippen molar-refractivity contribution in [2.75, 3.05) is 19.8 Å². The monoisotopic (exact) mass is 165 g/mol. The molecule has 0 aromatic heterocycles. The average Bonchev–Trinajstić information content (AvgIpc) is 2.21. The lowest BCUT2D eigenvalue weighted by Gasteiger charge is -2.28. The van der Waals surface area contributed by atoms with E-state index in [4.69, 9.17) is 4.74 Å². The third kappa shape index (κ3) is 1.53. The first kappa shape index (κ1) is 7.49. The Hall–Kier alpha value is -1.16. The Labute approximate surface area is 71.3 Å². The number of ether oxygens (including phenoxy) is 1. The SMILES string of the molecule is C1=CN(C2COCC=N2)CC=N1. The fourth-order valence-electron chi connectivity index (χ4n) is 1.22. The molecule has 2 heterocycles. The normalized spacial score (nSPS) is 28.0. The maximum Gasteiger partial charge on any atom is 0.144 e. The van der Waals surface area contributed by atoms with Gasteiger partial charge in [-0.25, -0.2) is 0 Å². The van der Waals surface area contributed by atoms with Crippen LogP contribution in [-0.4, -0.2) is 43.3 Å². The largest absolute Gasteiger partial charge is 0.372 e. The average molecular weight is 165 g/mol. The lowest BCUT2D eigenvalue weighted by atomic mass is 10.4. The highest BCUT2D eigenvalue weighted by molar-refractivity contribution is 5.62. The highest BCUT2D eigenvalue weighted by Crippen LogP contribution is 2.07. The molecule has 0 amide bonds. The molecule has 0 aromatic rings. The molecule has 1 unspecified atom stereocenters. The second-order valence-corrected chi connectivity index (χ2v) is 2.68. The summed E-state index contributed by atoms with van der Waals surface area (Å²) in [6, 6.07) is 0. The highest BCUT2D eigenvalue weighted by Gasteiger charge is 2.15. The van der Waals surface area contributed by atoms with E-state index in [9.17, 15) is 0 Å². The van der Waals surface area contributed by atoms with Gasteiger partial charge in [0.25, 0.3) is 0 Å². The van der Waals surface area contributed by atoms with Crippen molar-refractivity contribution in [2.24, 2.45) is 9.98 Å². The first-order valence-corrected chi connectivity index (χ1v) is 4.00. The van der Waals surface area contributed by atoms with Crippen molar-refractivity contribution in [3.63, 3.8) is 0 Å². The van der Waals surface area contributed by atoms with Crippen LogP contribution >= 0.6 is 0 Å².